The Balaban J connectivity index is 1.50. The van der Waals surface area contributed by atoms with Crippen molar-refractivity contribution in [2.45, 2.75) is 0 Å². The Morgan fingerprint density at radius 1 is 1.08 bits per heavy atom. The first-order valence-electron chi connectivity index (χ1n) is 7.26. The number of rotatable bonds is 5. The minimum atomic E-state index is -0.586. The van der Waals surface area contributed by atoms with Gasteiger partial charge in [0.15, 0.2) is 6.61 Å². The lowest BCUT2D eigenvalue weighted by atomic mass is 10.3. The number of nitrogens with zero attached hydrogens (tertiary/aromatic N) is 1. The standard InChI is InChI=1S/C18H14N2O3S/c21-16(19-13-6-2-1-3-7-13)12-23-18(22)11-10-17-20-14-8-4-5-9-15(14)24-17/h1-11H,12H2,(H,19,21)/b11-10+. The molecule has 0 atom stereocenters. The predicted octanol–water partition coefficient (Wildman–Crippen LogP) is 3.49. The van der Waals surface area contributed by atoms with E-state index in [-0.39, 0.29) is 12.5 Å². The maximum Gasteiger partial charge on any atom is 0.331 e. The van der Waals surface area contributed by atoms with Crippen LogP contribution in [-0.2, 0) is 14.3 Å². The summed E-state index contributed by atoms with van der Waals surface area (Å²) >= 11 is 1.48. The first-order chi connectivity index (χ1) is 11.7. The summed E-state index contributed by atoms with van der Waals surface area (Å²) in [6.07, 6.45) is 2.86. The van der Waals surface area contributed by atoms with Gasteiger partial charge < -0.3 is 10.1 Å². The summed E-state index contributed by atoms with van der Waals surface area (Å²) in [5, 5.41) is 3.35. The number of anilines is 1. The Bertz CT molecular complexity index is 854. The van der Waals surface area contributed by atoms with Crippen molar-refractivity contribution in [2.75, 3.05) is 11.9 Å². The molecule has 6 heteroatoms. The van der Waals surface area contributed by atoms with Crippen LogP contribution in [0.5, 0.6) is 0 Å². The number of esters is 1. The fraction of sp³-hybridized carbons (Fsp3) is 0.0556. The SMILES string of the molecule is O=C(COC(=O)/C=C/c1nc2ccccc2s1)Nc1ccccc1. The first kappa shape index (κ1) is 15.9. The third-order valence-electron chi connectivity index (χ3n) is 3.08. The Labute approximate surface area is 142 Å². The van der Waals surface area contributed by atoms with E-state index in [4.69, 9.17) is 4.74 Å². The van der Waals surface area contributed by atoms with Crippen LogP contribution in [0.25, 0.3) is 16.3 Å². The van der Waals surface area contributed by atoms with Crippen molar-refractivity contribution >= 4 is 45.2 Å². The van der Waals surface area contributed by atoms with Gasteiger partial charge >= 0.3 is 5.97 Å². The lowest BCUT2D eigenvalue weighted by molar-refractivity contribution is -0.142. The van der Waals surface area contributed by atoms with Crippen molar-refractivity contribution in [1.29, 1.82) is 0 Å². The molecule has 0 saturated carbocycles. The van der Waals surface area contributed by atoms with Gasteiger partial charge in [-0.2, -0.15) is 0 Å². The number of amides is 1. The number of hydrogen-bond acceptors (Lipinski definition) is 5. The molecular formula is C18H14N2O3S. The van der Waals surface area contributed by atoms with E-state index in [1.807, 2.05) is 42.5 Å². The van der Waals surface area contributed by atoms with Gasteiger partial charge in [-0.3, -0.25) is 4.79 Å². The molecule has 1 N–H and O–H groups in total. The molecule has 1 aromatic heterocycles. The van der Waals surface area contributed by atoms with Crippen LogP contribution in [0, 0.1) is 0 Å². The smallest absolute Gasteiger partial charge is 0.331 e. The first-order valence-corrected chi connectivity index (χ1v) is 8.08. The normalized spacial score (nSPS) is 10.8. The van der Waals surface area contributed by atoms with E-state index >= 15 is 0 Å². The van der Waals surface area contributed by atoms with Crippen LogP contribution in [-0.4, -0.2) is 23.5 Å². The average molecular weight is 338 g/mol. The molecule has 0 aliphatic heterocycles. The highest BCUT2D eigenvalue weighted by atomic mass is 32.1. The molecule has 0 fully saturated rings. The summed E-state index contributed by atoms with van der Waals surface area (Å²) in [5.41, 5.74) is 1.54. The number of nitrogens with one attached hydrogen (secondary N) is 1. The van der Waals surface area contributed by atoms with Gasteiger partial charge in [0.2, 0.25) is 0 Å². The molecule has 0 aliphatic carbocycles. The van der Waals surface area contributed by atoms with Crippen molar-refractivity contribution in [3.8, 4) is 0 Å². The predicted molar refractivity (Wildman–Crippen MR) is 94.7 cm³/mol. The molecule has 1 heterocycles. The van der Waals surface area contributed by atoms with Crippen molar-refractivity contribution in [3.63, 3.8) is 0 Å². The molecule has 5 nitrogen and oxygen atoms in total. The summed E-state index contributed by atoms with van der Waals surface area (Å²) in [5.74, 6) is -0.972. The number of carbonyl (C=O) groups excluding carboxylic acids is 2. The van der Waals surface area contributed by atoms with Crippen molar-refractivity contribution in [3.05, 3.63) is 65.7 Å². The molecule has 0 bridgehead atoms. The second-order valence-corrected chi connectivity index (χ2v) is 5.94. The van der Waals surface area contributed by atoms with Crippen molar-refractivity contribution in [2.24, 2.45) is 0 Å². The number of hydrogen-bond donors (Lipinski definition) is 1. The Kier molecular flexibility index (Phi) is 4.98. The molecule has 1 amide bonds. The average Bonchev–Trinajstić information content (AvgIpc) is 3.02. The van der Waals surface area contributed by atoms with Gasteiger partial charge in [-0.1, -0.05) is 30.3 Å². The van der Waals surface area contributed by atoms with Crippen molar-refractivity contribution < 1.29 is 14.3 Å². The van der Waals surface area contributed by atoms with E-state index in [0.29, 0.717) is 10.7 Å². The molecule has 0 unspecified atom stereocenters. The zero-order valence-corrected chi connectivity index (χ0v) is 13.5. The lowest BCUT2D eigenvalue weighted by Crippen LogP contribution is -2.20. The number of benzene rings is 2. The number of para-hydroxylation sites is 2. The quantitative estimate of drug-likeness (QED) is 0.571. The van der Waals surface area contributed by atoms with Crippen molar-refractivity contribution in [1.82, 2.24) is 4.98 Å². The van der Waals surface area contributed by atoms with Gasteiger partial charge in [-0.25, -0.2) is 9.78 Å². The maximum atomic E-state index is 11.7. The minimum absolute atomic E-state index is 0.335. The highest BCUT2D eigenvalue weighted by molar-refractivity contribution is 7.19. The van der Waals surface area contributed by atoms with Crippen LogP contribution in [0.1, 0.15) is 5.01 Å². The highest BCUT2D eigenvalue weighted by Crippen LogP contribution is 2.22. The summed E-state index contributed by atoms with van der Waals surface area (Å²) in [6.45, 7) is -0.335. The minimum Gasteiger partial charge on any atom is -0.452 e. The zero-order valence-electron chi connectivity index (χ0n) is 12.6. The fourth-order valence-corrected chi connectivity index (χ4v) is 2.87. The van der Waals surface area contributed by atoms with Gasteiger partial charge in [0.05, 0.1) is 10.2 Å². The van der Waals surface area contributed by atoms with Crippen LogP contribution in [0.4, 0.5) is 5.69 Å². The van der Waals surface area contributed by atoms with E-state index < -0.39 is 5.97 Å². The monoisotopic (exact) mass is 338 g/mol. The summed E-state index contributed by atoms with van der Waals surface area (Å²) in [4.78, 5) is 27.7. The molecule has 3 rings (SSSR count). The number of fused-ring (bicyclic) bond motifs is 1. The van der Waals surface area contributed by atoms with Gasteiger partial charge in [0.25, 0.3) is 5.91 Å². The third kappa shape index (κ3) is 4.27. The largest absolute Gasteiger partial charge is 0.452 e. The molecule has 0 aliphatic rings. The molecule has 120 valence electrons. The lowest BCUT2D eigenvalue weighted by Gasteiger charge is -2.04. The summed E-state index contributed by atoms with van der Waals surface area (Å²) in [7, 11) is 0. The Morgan fingerprint density at radius 3 is 2.62 bits per heavy atom. The van der Waals surface area contributed by atoms with Crippen LogP contribution in [0.3, 0.4) is 0 Å². The number of thiazole rings is 1. The van der Waals surface area contributed by atoms with E-state index in [2.05, 4.69) is 10.3 Å². The number of aromatic nitrogens is 1. The molecule has 0 saturated heterocycles. The molecule has 2 aromatic carbocycles. The highest BCUT2D eigenvalue weighted by Gasteiger charge is 2.06. The van der Waals surface area contributed by atoms with E-state index in [1.54, 1.807) is 18.2 Å². The maximum absolute atomic E-state index is 11.7. The van der Waals surface area contributed by atoms with Gasteiger partial charge in [0.1, 0.15) is 5.01 Å². The van der Waals surface area contributed by atoms with Gasteiger partial charge in [-0.15, -0.1) is 11.3 Å². The van der Waals surface area contributed by atoms with Crippen LogP contribution >= 0.6 is 11.3 Å². The van der Waals surface area contributed by atoms with Crippen LogP contribution in [0.2, 0.25) is 0 Å². The third-order valence-corrected chi connectivity index (χ3v) is 4.08. The van der Waals surface area contributed by atoms with E-state index in [9.17, 15) is 9.59 Å². The van der Waals surface area contributed by atoms with Crippen LogP contribution < -0.4 is 5.32 Å². The van der Waals surface area contributed by atoms with E-state index in [0.717, 1.165) is 10.2 Å². The topological polar surface area (TPSA) is 68.3 Å². The summed E-state index contributed by atoms with van der Waals surface area (Å²) in [6, 6.07) is 16.7. The van der Waals surface area contributed by atoms with Gasteiger partial charge in [0, 0.05) is 11.8 Å². The number of ether oxygens (including phenoxy) is 1. The Morgan fingerprint density at radius 2 is 1.83 bits per heavy atom. The molecule has 0 spiro atoms. The fourth-order valence-electron chi connectivity index (χ4n) is 2.00. The second kappa shape index (κ2) is 7.52. The summed E-state index contributed by atoms with van der Waals surface area (Å²) < 4.78 is 5.96. The second-order valence-electron chi connectivity index (χ2n) is 4.88. The molecular weight excluding hydrogens is 324 g/mol. The zero-order chi connectivity index (χ0) is 16.8. The molecule has 0 radical (unpaired) electrons. The van der Waals surface area contributed by atoms with E-state index in [1.165, 1.54) is 17.4 Å². The number of carbonyl (C=O) groups is 2. The Hall–Kier alpha value is -2.99. The molecule has 3 aromatic rings. The van der Waals surface area contributed by atoms with Crippen LogP contribution in [0.15, 0.2) is 60.7 Å². The molecule has 24 heavy (non-hydrogen) atoms. The van der Waals surface area contributed by atoms with Gasteiger partial charge in [-0.05, 0) is 30.3 Å².